The zero-order valence-electron chi connectivity index (χ0n) is 9.70. The summed E-state index contributed by atoms with van der Waals surface area (Å²) in [5.74, 6) is 0. The first kappa shape index (κ1) is 11.6. The minimum absolute atomic E-state index is 0.794. The van der Waals surface area contributed by atoms with Crippen molar-refractivity contribution in [3.63, 3.8) is 0 Å². The molecule has 86 valence electrons. The molecule has 2 nitrogen and oxygen atoms in total. The monoisotopic (exact) mass is 234 g/mol. The fourth-order valence-corrected chi connectivity index (χ4v) is 2.77. The third-order valence-corrected chi connectivity index (χ3v) is 3.88. The molecule has 1 aromatic carbocycles. The molecule has 2 aromatic rings. The molecule has 0 fully saturated rings. The lowest BCUT2D eigenvalue weighted by Gasteiger charge is -1.99. The molecule has 0 spiro atoms. The van der Waals surface area contributed by atoms with Gasteiger partial charge in [-0.25, -0.2) is 4.98 Å². The highest BCUT2D eigenvalue weighted by Crippen LogP contribution is 2.24. The summed E-state index contributed by atoms with van der Waals surface area (Å²) in [5.41, 5.74) is 8.05. The first-order valence-electron chi connectivity index (χ1n) is 5.92. The molecule has 16 heavy (non-hydrogen) atoms. The fourth-order valence-electron chi connectivity index (χ4n) is 1.80. The average molecular weight is 234 g/mol. The smallest absolute Gasteiger partial charge is 0.0935 e. The van der Waals surface area contributed by atoms with Crippen LogP contribution in [-0.2, 0) is 12.8 Å². The number of fused-ring (bicyclic) bond motifs is 1. The van der Waals surface area contributed by atoms with Gasteiger partial charge in [-0.05, 0) is 49.9 Å². The lowest BCUT2D eigenvalue weighted by Crippen LogP contribution is -1.98. The number of nitrogens with two attached hydrogens (primary N) is 1. The van der Waals surface area contributed by atoms with Crippen LogP contribution in [0.25, 0.3) is 10.2 Å². The predicted molar refractivity (Wildman–Crippen MR) is 71.0 cm³/mol. The van der Waals surface area contributed by atoms with E-state index in [9.17, 15) is 0 Å². The van der Waals surface area contributed by atoms with Gasteiger partial charge in [0, 0.05) is 0 Å². The quantitative estimate of drug-likeness (QED) is 0.807. The molecule has 0 aliphatic rings. The normalized spacial score (nSPS) is 11.1. The third kappa shape index (κ3) is 2.60. The molecule has 0 aliphatic carbocycles. The van der Waals surface area contributed by atoms with Crippen LogP contribution in [0.2, 0.25) is 0 Å². The van der Waals surface area contributed by atoms with Crippen molar-refractivity contribution < 1.29 is 0 Å². The Kier molecular flexibility index (Phi) is 3.91. The van der Waals surface area contributed by atoms with Gasteiger partial charge in [-0.15, -0.1) is 11.3 Å². The van der Waals surface area contributed by atoms with E-state index < -0.39 is 0 Å². The van der Waals surface area contributed by atoms with Gasteiger partial charge in [0.2, 0.25) is 0 Å². The molecule has 1 aromatic heterocycles. The Labute approximate surface area is 101 Å². The van der Waals surface area contributed by atoms with E-state index in [1.54, 1.807) is 0 Å². The van der Waals surface area contributed by atoms with Crippen molar-refractivity contribution in [2.75, 3.05) is 6.54 Å². The third-order valence-electron chi connectivity index (χ3n) is 2.72. The molecular formula is C13H18N2S. The number of rotatable bonds is 5. The molecule has 0 saturated carbocycles. The van der Waals surface area contributed by atoms with Gasteiger partial charge in [0.25, 0.3) is 0 Å². The Morgan fingerprint density at radius 2 is 2.19 bits per heavy atom. The van der Waals surface area contributed by atoms with Gasteiger partial charge >= 0.3 is 0 Å². The van der Waals surface area contributed by atoms with Gasteiger partial charge < -0.3 is 5.73 Å². The van der Waals surface area contributed by atoms with Gasteiger partial charge in [-0.3, -0.25) is 0 Å². The molecule has 0 bridgehead atoms. The zero-order chi connectivity index (χ0) is 11.4. The molecule has 0 radical (unpaired) electrons. The Bertz CT molecular complexity index is 462. The Hall–Kier alpha value is -0.930. The van der Waals surface area contributed by atoms with Gasteiger partial charge in [0.15, 0.2) is 0 Å². The molecular weight excluding hydrogens is 216 g/mol. The van der Waals surface area contributed by atoms with Crippen LogP contribution in [0.15, 0.2) is 18.2 Å². The molecule has 3 heteroatoms. The van der Waals surface area contributed by atoms with Crippen molar-refractivity contribution in [2.24, 2.45) is 5.73 Å². The van der Waals surface area contributed by atoms with Crippen LogP contribution in [0.1, 0.15) is 30.3 Å². The maximum Gasteiger partial charge on any atom is 0.0935 e. The first-order valence-corrected chi connectivity index (χ1v) is 6.73. The van der Waals surface area contributed by atoms with Crippen LogP contribution < -0.4 is 5.73 Å². The van der Waals surface area contributed by atoms with E-state index in [4.69, 9.17) is 5.73 Å². The minimum atomic E-state index is 0.794. The summed E-state index contributed by atoms with van der Waals surface area (Å²) in [5, 5.41) is 1.23. The van der Waals surface area contributed by atoms with E-state index in [0.717, 1.165) is 31.3 Å². The molecule has 0 atom stereocenters. The summed E-state index contributed by atoms with van der Waals surface area (Å²) in [4.78, 5) is 4.57. The van der Waals surface area contributed by atoms with Gasteiger partial charge in [0.05, 0.1) is 15.2 Å². The number of thiazole rings is 1. The topological polar surface area (TPSA) is 38.9 Å². The minimum Gasteiger partial charge on any atom is -0.330 e. The van der Waals surface area contributed by atoms with Crippen molar-refractivity contribution >= 4 is 21.6 Å². The summed E-state index contributed by atoms with van der Waals surface area (Å²) in [6.07, 6.45) is 4.46. The van der Waals surface area contributed by atoms with Crippen LogP contribution in [0, 0.1) is 0 Å². The van der Waals surface area contributed by atoms with Gasteiger partial charge in [-0.1, -0.05) is 13.0 Å². The van der Waals surface area contributed by atoms with Crippen LogP contribution in [0.4, 0.5) is 0 Å². The maximum atomic E-state index is 5.50. The maximum absolute atomic E-state index is 5.50. The van der Waals surface area contributed by atoms with Crippen LogP contribution in [-0.4, -0.2) is 11.5 Å². The molecule has 0 amide bonds. The second-order valence-electron chi connectivity index (χ2n) is 4.01. The first-order chi connectivity index (χ1) is 7.83. The number of benzene rings is 1. The van der Waals surface area contributed by atoms with Gasteiger partial charge in [-0.2, -0.15) is 0 Å². The van der Waals surface area contributed by atoms with E-state index in [0.29, 0.717) is 0 Å². The number of nitrogens with zero attached hydrogens (tertiary/aromatic N) is 1. The Morgan fingerprint density at radius 1 is 1.31 bits per heavy atom. The molecule has 2 rings (SSSR count). The number of hydrogen-bond donors (Lipinski definition) is 1. The molecule has 0 unspecified atom stereocenters. The molecule has 0 aliphatic heterocycles. The second-order valence-corrected chi connectivity index (χ2v) is 5.12. The Balaban J connectivity index is 2.15. The van der Waals surface area contributed by atoms with E-state index in [2.05, 4.69) is 30.1 Å². The fraction of sp³-hybridized carbons (Fsp3) is 0.462. The molecule has 0 saturated heterocycles. The zero-order valence-corrected chi connectivity index (χ0v) is 10.5. The van der Waals surface area contributed by atoms with Crippen molar-refractivity contribution in [2.45, 2.75) is 32.6 Å². The van der Waals surface area contributed by atoms with Crippen molar-refractivity contribution in [3.8, 4) is 0 Å². The molecule has 2 N–H and O–H groups in total. The highest BCUT2D eigenvalue weighted by Gasteiger charge is 2.03. The van der Waals surface area contributed by atoms with Crippen molar-refractivity contribution in [3.05, 3.63) is 28.8 Å². The van der Waals surface area contributed by atoms with E-state index in [1.807, 2.05) is 11.3 Å². The summed E-state index contributed by atoms with van der Waals surface area (Å²) >= 11 is 1.81. The number of unbranched alkanes of at least 4 members (excludes halogenated alkanes) is 1. The summed E-state index contributed by atoms with van der Waals surface area (Å²) < 4.78 is 1.32. The number of hydrogen-bond acceptors (Lipinski definition) is 3. The predicted octanol–water partition coefficient (Wildman–Crippen LogP) is 3.14. The SMILES string of the molecule is CCc1nc2ccc(CCCCN)cc2s1. The summed E-state index contributed by atoms with van der Waals surface area (Å²) in [6.45, 7) is 2.95. The largest absolute Gasteiger partial charge is 0.330 e. The highest BCUT2D eigenvalue weighted by atomic mass is 32.1. The second kappa shape index (κ2) is 5.41. The Morgan fingerprint density at radius 3 is 2.94 bits per heavy atom. The van der Waals surface area contributed by atoms with E-state index >= 15 is 0 Å². The van der Waals surface area contributed by atoms with E-state index in [1.165, 1.54) is 21.7 Å². The number of aromatic nitrogens is 1. The van der Waals surface area contributed by atoms with Crippen LogP contribution in [0.3, 0.4) is 0 Å². The standard InChI is InChI=1S/C13H18N2S/c1-2-13-15-11-7-6-10(5-3-4-8-14)9-12(11)16-13/h6-7,9H,2-5,8,14H2,1H3. The lowest BCUT2D eigenvalue weighted by atomic mass is 10.1. The molecule has 1 heterocycles. The van der Waals surface area contributed by atoms with Crippen molar-refractivity contribution in [1.82, 2.24) is 4.98 Å². The van der Waals surface area contributed by atoms with Crippen LogP contribution >= 0.6 is 11.3 Å². The van der Waals surface area contributed by atoms with Crippen LogP contribution in [0.5, 0.6) is 0 Å². The summed E-state index contributed by atoms with van der Waals surface area (Å²) in [6, 6.07) is 6.61. The average Bonchev–Trinajstić information content (AvgIpc) is 2.71. The summed E-state index contributed by atoms with van der Waals surface area (Å²) in [7, 11) is 0. The van der Waals surface area contributed by atoms with Crippen molar-refractivity contribution in [1.29, 1.82) is 0 Å². The highest BCUT2D eigenvalue weighted by molar-refractivity contribution is 7.18. The van der Waals surface area contributed by atoms with E-state index in [-0.39, 0.29) is 0 Å². The van der Waals surface area contributed by atoms with Gasteiger partial charge in [0.1, 0.15) is 0 Å². The lowest BCUT2D eigenvalue weighted by molar-refractivity contribution is 0.745. The number of aryl methyl sites for hydroxylation is 2.